The van der Waals surface area contributed by atoms with E-state index in [1.807, 2.05) is 71.0 Å². The Hall–Kier alpha value is -5.54. The molecule has 0 fully saturated rings. The standard InChI is InChI=1S/C37H43N7O5/c1-5-25(2)34(44(27(4)46)36-19-39-24-43(36)20-29-15-13-28(17-38)14-16-29)22-42(21-31-11-8-10-30-9-6-7-12-32(30)31)23-35(47)41-33(37(48)49)18-40-26(3)45/h6-16,19,24-25,33-34H,5,18,20-23H2,1-4H3,(H,40,45)(H,41,47)(H,48,49)/t25-,33-,34+/m0/s1. The first-order valence-electron chi connectivity index (χ1n) is 16.2. The van der Waals surface area contributed by atoms with Gasteiger partial charge in [0.25, 0.3) is 0 Å². The third kappa shape index (κ3) is 9.74. The van der Waals surface area contributed by atoms with Gasteiger partial charge in [-0.1, -0.05) is 74.9 Å². The van der Waals surface area contributed by atoms with Crippen molar-refractivity contribution in [3.8, 4) is 6.07 Å². The molecule has 0 aliphatic heterocycles. The lowest BCUT2D eigenvalue weighted by Crippen LogP contribution is -2.54. The lowest BCUT2D eigenvalue weighted by atomic mass is 9.96. The molecule has 0 unspecified atom stereocenters. The zero-order valence-electron chi connectivity index (χ0n) is 28.3. The summed E-state index contributed by atoms with van der Waals surface area (Å²) in [5, 5.41) is 26.0. The number of aliphatic carboxylic acids is 1. The van der Waals surface area contributed by atoms with Gasteiger partial charge in [-0.05, 0) is 39.9 Å². The number of anilines is 1. The minimum absolute atomic E-state index is 0.00762. The maximum Gasteiger partial charge on any atom is 0.328 e. The molecule has 1 aromatic heterocycles. The minimum atomic E-state index is -1.31. The van der Waals surface area contributed by atoms with Gasteiger partial charge < -0.3 is 20.3 Å². The Balaban J connectivity index is 1.69. The number of carboxylic acids is 1. The predicted octanol–water partition coefficient (Wildman–Crippen LogP) is 3.93. The van der Waals surface area contributed by atoms with Gasteiger partial charge in [-0.3, -0.25) is 24.2 Å². The Morgan fingerprint density at radius 2 is 1.73 bits per heavy atom. The highest BCUT2D eigenvalue weighted by atomic mass is 16.4. The number of hydrogen-bond acceptors (Lipinski definition) is 7. The Kier molecular flexibility index (Phi) is 12.6. The van der Waals surface area contributed by atoms with Crippen molar-refractivity contribution in [2.75, 3.05) is 24.5 Å². The van der Waals surface area contributed by atoms with E-state index in [1.165, 1.54) is 13.8 Å². The second kappa shape index (κ2) is 17.0. The number of benzene rings is 3. The quantitative estimate of drug-likeness (QED) is 0.162. The molecule has 0 radical (unpaired) electrons. The van der Waals surface area contributed by atoms with Gasteiger partial charge in [-0.15, -0.1) is 0 Å². The summed E-state index contributed by atoms with van der Waals surface area (Å²) in [6, 6.07) is 21.6. The zero-order valence-corrected chi connectivity index (χ0v) is 28.3. The third-order valence-electron chi connectivity index (χ3n) is 8.62. The van der Waals surface area contributed by atoms with Crippen LogP contribution in [-0.4, -0.2) is 75.0 Å². The normalized spacial score (nSPS) is 12.9. The van der Waals surface area contributed by atoms with Crippen LogP contribution in [0.5, 0.6) is 0 Å². The van der Waals surface area contributed by atoms with Gasteiger partial charge in [0.15, 0.2) is 0 Å². The molecule has 0 spiro atoms. The summed E-state index contributed by atoms with van der Waals surface area (Å²) in [4.78, 5) is 58.4. The van der Waals surface area contributed by atoms with Crippen LogP contribution in [0.1, 0.15) is 50.8 Å². The van der Waals surface area contributed by atoms with Crippen LogP contribution >= 0.6 is 0 Å². The first kappa shape index (κ1) is 36.3. The van der Waals surface area contributed by atoms with Crippen LogP contribution in [0.3, 0.4) is 0 Å². The number of rotatable bonds is 16. The lowest BCUT2D eigenvalue weighted by molar-refractivity contribution is -0.142. The highest BCUT2D eigenvalue weighted by molar-refractivity contribution is 5.91. The van der Waals surface area contributed by atoms with E-state index in [2.05, 4.69) is 28.6 Å². The van der Waals surface area contributed by atoms with Crippen molar-refractivity contribution in [3.63, 3.8) is 0 Å². The Labute approximate surface area is 286 Å². The van der Waals surface area contributed by atoms with Crippen LogP contribution in [-0.2, 0) is 32.3 Å². The summed E-state index contributed by atoms with van der Waals surface area (Å²) in [6.45, 7) is 7.54. The number of carboxylic acid groups (broad SMARTS) is 1. The highest BCUT2D eigenvalue weighted by Crippen LogP contribution is 2.27. The molecule has 4 rings (SSSR count). The molecule has 0 aliphatic carbocycles. The molecule has 12 nitrogen and oxygen atoms in total. The molecular weight excluding hydrogens is 622 g/mol. The van der Waals surface area contributed by atoms with Crippen molar-refractivity contribution in [1.29, 1.82) is 5.26 Å². The average molecular weight is 666 g/mol. The SMILES string of the molecule is CC[C@H](C)[C@@H](CN(CC(=O)N[C@@H](CNC(C)=O)C(=O)O)Cc1cccc2ccccc12)N(C(C)=O)c1cncn1Cc1ccc(C#N)cc1. The first-order chi connectivity index (χ1) is 23.5. The summed E-state index contributed by atoms with van der Waals surface area (Å²) in [7, 11) is 0. The summed E-state index contributed by atoms with van der Waals surface area (Å²) in [6.07, 6.45) is 4.06. The van der Waals surface area contributed by atoms with E-state index in [-0.39, 0.29) is 31.5 Å². The fourth-order valence-electron chi connectivity index (χ4n) is 5.88. The van der Waals surface area contributed by atoms with E-state index in [9.17, 15) is 29.5 Å². The van der Waals surface area contributed by atoms with Crippen molar-refractivity contribution in [3.05, 3.63) is 95.9 Å². The van der Waals surface area contributed by atoms with Crippen molar-refractivity contribution in [2.24, 2.45) is 5.92 Å². The number of carbonyl (C=O) groups is 4. The van der Waals surface area contributed by atoms with Crippen LogP contribution in [0.2, 0.25) is 0 Å². The molecule has 3 aromatic carbocycles. The number of nitriles is 1. The van der Waals surface area contributed by atoms with Crippen LogP contribution in [0, 0.1) is 17.2 Å². The molecule has 0 saturated heterocycles. The van der Waals surface area contributed by atoms with E-state index < -0.39 is 29.9 Å². The summed E-state index contributed by atoms with van der Waals surface area (Å²) in [5.41, 5.74) is 2.46. The topological polar surface area (TPSA) is 161 Å². The summed E-state index contributed by atoms with van der Waals surface area (Å²) < 4.78 is 1.89. The van der Waals surface area contributed by atoms with Gasteiger partial charge >= 0.3 is 5.97 Å². The van der Waals surface area contributed by atoms with E-state index in [1.54, 1.807) is 29.6 Å². The highest BCUT2D eigenvalue weighted by Gasteiger charge is 2.32. The number of aromatic nitrogens is 2. The van der Waals surface area contributed by atoms with Gasteiger partial charge in [-0.25, -0.2) is 9.78 Å². The molecule has 0 aliphatic rings. The largest absolute Gasteiger partial charge is 0.480 e. The fraction of sp³-hybridized carbons (Fsp3) is 0.351. The molecule has 1 heterocycles. The number of fused-ring (bicyclic) bond motifs is 1. The number of carbonyl (C=O) groups excluding carboxylic acids is 3. The van der Waals surface area contributed by atoms with Gasteiger partial charge in [0.2, 0.25) is 17.7 Å². The van der Waals surface area contributed by atoms with Crippen LogP contribution < -0.4 is 15.5 Å². The third-order valence-corrected chi connectivity index (χ3v) is 8.62. The van der Waals surface area contributed by atoms with Gasteiger partial charge in [0.05, 0.1) is 43.3 Å². The Morgan fingerprint density at radius 3 is 2.39 bits per heavy atom. The van der Waals surface area contributed by atoms with Gasteiger partial charge in [-0.2, -0.15) is 5.26 Å². The summed E-state index contributed by atoms with van der Waals surface area (Å²) in [5.74, 6) is -1.80. The fourth-order valence-corrected chi connectivity index (χ4v) is 5.88. The number of hydrogen-bond donors (Lipinski definition) is 3. The number of nitrogens with one attached hydrogen (secondary N) is 2. The monoisotopic (exact) mass is 665 g/mol. The molecule has 0 bridgehead atoms. The molecule has 3 atom stereocenters. The van der Waals surface area contributed by atoms with Gasteiger partial charge in [0, 0.05) is 33.5 Å². The molecule has 49 heavy (non-hydrogen) atoms. The zero-order chi connectivity index (χ0) is 35.5. The molecular formula is C37H43N7O5. The minimum Gasteiger partial charge on any atom is -0.480 e. The van der Waals surface area contributed by atoms with E-state index in [0.29, 0.717) is 24.5 Å². The molecule has 3 amide bonds. The maximum atomic E-state index is 13.5. The van der Waals surface area contributed by atoms with E-state index in [0.717, 1.165) is 28.3 Å². The first-order valence-corrected chi connectivity index (χ1v) is 16.2. The van der Waals surface area contributed by atoms with E-state index in [4.69, 9.17) is 0 Å². The van der Waals surface area contributed by atoms with Crippen molar-refractivity contribution >= 4 is 40.3 Å². The molecule has 4 aromatic rings. The number of imidazole rings is 1. The summed E-state index contributed by atoms with van der Waals surface area (Å²) >= 11 is 0. The predicted molar refractivity (Wildman–Crippen MR) is 186 cm³/mol. The number of nitrogens with zero attached hydrogens (tertiary/aromatic N) is 5. The molecule has 3 N–H and O–H groups in total. The average Bonchev–Trinajstić information content (AvgIpc) is 3.53. The second-order valence-corrected chi connectivity index (χ2v) is 12.2. The van der Waals surface area contributed by atoms with Crippen molar-refractivity contribution < 1.29 is 24.3 Å². The lowest BCUT2D eigenvalue weighted by Gasteiger charge is -2.38. The van der Waals surface area contributed by atoms with Crippen LogP contribution in [0.25, 0.3) is 10.8 Å². The van der Waals surface area contributed by atoms with Crippen molar-refractivity contribution in [2.45, 2.75) is 59.3 Å². The second-order valence-electron chi connectivity index (χ2n) is 12.2. The molecule has 0 saturated carbocycles. The molecule has 12 heteroatoms. The Morgan fingerprint density at radius 1 is 1.02 bits per heavy atom. The van der Waals surface area contributed by atoms with E-state index >= 15 is 0 Å². The van der Waals surface area contributed by atoms with Crippen LogP contribution in [0.15, 0.2) is 79.3 Å². The molecule has 256 valence electrons. The maximum absolute atomic E-state index is 13.5. The van der Waals surface area contributed by atoms with Crippen LogP contribution in [0.4, 0.5) is 5.82 Å². The van der Waals surface area contributed by atoms with Gasteiger partial charge in [0.1, 0.15) is 11.9 Å². The smallest absolute Gasteiger partial charge is 0.328 e. The Bertz CT molecular complexity index is 1810. The number of amides is 3. The van der Waals surface area contributed by atoms with Crippen molar-refractivity contribution in [1.82, 2.24) is 25.1 Å².